The Morgan fingerprint density at radius 2 is 1.84 bits per heavy atom. The monoisotopic (exact) mass is 281 g/mol. The van der Waals surface area contributed by atoms with Gasteiger partial charge in [-0.05, 0) is 25.0 Å². The minimum Gasteiger partial charge on any atom is -0.393 e. The lowest BCUT2D eigenvalue weighted by molar-refractivity contribution is 0.0876. The number of hydrogen-bond donors (Lipinski definition) is 1. The highest BCUT2D eigenvalue weighted by Crippen LogP contribution is 2.20. The lowest BCUT2D eigenvalue weighted by atomic mass is 10.1. The van der Waals surface area contributed by atoms with Crippen molar-refractivity contribution in [2.45, 2.75) is 23.8 Å². The van der Waals surface area contributed by atoms with Gasteiger partial charge in [0.25, 0.3) is 0 Å². The molecule has 4 nitrogen and oxygen atoms in total. The van der Waals surface area contributed by atoms with Crippen LogP contribution in [0.2, 0.25) is 0 Å². The first-order valence-corrected chi connectivity index (χ1v) is 7.87. The third-order valence-electron chi connectivity index (χ3n) is 3.39. The molecule has 5 heteroatoms. The van der Waals surface area contributed by atoms with Crippen molar-refractivity contribution in [3.05, 3.63) is 41.8 Å². The van der Waals surface area contributed by atoms with Crippen LogP contribution >= 0.6 is 0 Å². The van der Waals surface area contributed by atoms with E-state index in [9.17, 15) is 13.5 Å². The van der Waals surface area contributed by atoms with E-state index in [0.29, 0.717) is 32.5 Å². The summed E-state index contributed by atoms with van der Waals surface area (Å²) in [6, 6.07) is 8.36. The van der Waals surface area contributed by atoms with E-state index >= 15 is 0 Å². The molecule has 0 amide bonds. The summed E-state index contributed by atoms with van der Waals surface area (Å²) in [6.07, 6.45) is 1.13. The van der Waals surface area contributed by atoms with Crippen molar-refractivity contribution in [2.24, 2.45) is 0 Å². The Morgan fingerprint density at radius 3 is 2.42 bits per heavy atom. The van der Waals surface area contributed by atoms with E-state index in [2.05, 4.69) is 6.58 Å². The second-order valence-corrected chi connectivity index (χ2v) is 6.92. The lowest BCUT2D eigenvalue weighted by Crippen LogP contribution is -2.37. The summed E-state index contributed by atoms with van der Waals surface area (Å²) in [5, 5.41) is 9.43. The number of nitrogens with zero attached hydrogens (tertiary/aromatic N) is 1. The summed E-state index contributed by atoms with van der Waals surface area (Å²) < 4.78 is 24.6. The largest absolute Gasteiger partial charge is 0.393 e. The van der Waals surface area contributed by atoms with Crippen LogP contribution in [0.3, 0.4) is 0 Å². The smallest absolute Gasteiger partial charge is 0.203 e. The Labute approximate surface area is 114 Å². The van der Waals surface area contributed by atoms with Crippen LogP contribution in [-0.2, 0) is 9.84 Å². The number of hydrogen-bond acceptors (Lipinski definition) is 4. The molecule has 0 spiro atoms. The highest BCUT2D eigenvalue weighted by molar-refractivity contribution is 7.95. The van der Waals surface area contributed by atoms with Gasteiger partial charge < -0.3 is 5.11 Å². The van der Waals surface area contributed by atoms with Crippen molar-refractivity contribution in [1.29, 1.82) is 0 Å². The van der Waals surface area contributed by atoms with Crippen LogP contribution < -0.4 is 0 Å². The molecule has 1 aliphatic rings. The number of likely N-dealkylation sites (tertiary alicyclic amines) is 1. The first kappa shape index (κ1) is 14.2. The summed E-state index contributed by atoms with van der Waals surface area (Å²) in [7, 11) is -3.45. The Kier molecular flexibility index (Phi) is 4.39. The molecule has 104 valence electrons. The van der Waals surface area contributed by atoms with Crippen molar-refractivity contribution in [1.82, 2.24) is 4.90 Å². The van der Waals surface area contributed by atoms with E-state index in [1.807, 2.05) is 4.90 Å². The number of sulfone groups is 1. The Hall–Kier alpha value is -1.17. The second-order valence-electron chi connectivity index (χ2n) is 4.86. The van der Waals surface area contributed by atoms with Crippen molar-refractivity contribution < 1.29 is 13.5 Å². The van der Waals surface area contributed by atoms with Gasteiger partial charge >= 0.3 is 0 Å². The minimum absolute atomic E-state index is 0.218. The van der Waals surface area contributed by atoms with Gasteiger partial charge in [-0.15, -0.1) is 0 Å². The zero-order chi connectivity index (χ0) is 13.9. The van der Waals surface area contributed by atoms with Gasteiger partial charge in [-0.2, -0.15) is 0 Å². The summed E-state index contributed by atoms with van der Waals surface area (Å²) in [5.74, 6) is 0. The van der Waals surface area contributed by atoms with Crippen LogP contribution in [0.15, 0.2) is 46.7 Å². The highest BCUT2D eigenvalue weighted by Gasteiger charge is 2.23. The maximum absolute atomic E-state index is 12.3. The Bertz CT molecular complexity index is 531. The molecule has 0 atom stereocenters. The predicted octanol–water partition coefficient (Wildman–Crippen LogP) is 1.43. The van der Waals surface area contributed by atoms with Gasteiger partial charge in [-0.3, -0.25) is 4.90 Å². The van der Waals surface area contributed by atoms with E-state index < -0.39 is 9.84 Å². The number of rotatable bonds is 4. The van der Waals surface area contributed by atoms with Gasteiger partial charge in [0.15, 0.2) is 0 Å². The fourth-order valence-corrected chi connectivity index (χ4v) is 3.38. The standard InChI is InChI=1S/C14H19NO3S/c1-12(11-15-9-7-13(16)8-10-15)19(17,18)14-5-3-2-4-6-14/h2-6,13,16H,1,7-11H2. The molecule has 1 aromatic carbocycles. The van der Waals surface area contributed by atoms with E-state index in [1.54, 1.807) is 30.3 Å². The SMILES string of the molecule is C=C(CN1CCC(O)CC1)S(=O)(=O)c1ccccc1. The van der Waals surface area contributed by atoms with Crippen LogP contribution in [0, 0.1) is 0 Å². The molecule has 1 aliphatic heterocycles. The molecule has 2 rings (SSSR count). The van der Waals surface area contributed by atoms with E-state index in [-0.39, 0.29) is 15.9 Å². The van der Waals surface area contributed by atoms with Crippen LogP contribution in [-0.4, -0.2) is 44.2 Å². The molecule has 1 aromatic rings. The minimum atomic E-state index is -3.45. The average molecular weight is 281 g/mol. The third-order valence-corrected chi connectivity index (χ3v) is 5.17. The molecular formula is C14H19NO3S. The van der Waals surface area contributed by atoms with Gasteiger partial charge in [-0.25, -0.2) is 8.42 Å². The topological polar surface area (TPSA) is 57.6 Å². The van der Waals surface area contributed by atoms with Crippen LogP contribution in [0.25, 0.3) is 0 Å². The molecule has 0 saturated carbocycles. The van der Waals surface area contributed by atoms with Crippen molar-refractivity contribution in [2.75, 3.05) is 19.6 Å². The predicted molar refractivity (Wildman–Crippen MR) is 74.4 cm³/mol. The lowest BCUT2D eigenvalue weighted by Gasteiger charge is -2.29. The average Bonchev–Trinajstić information content (AvgIpc) is 2.42. The van der Waals surface area contributed by atoms with Gasteiger partial charge in [0.1, 0.15) is 0 Å². The summed E-state index contributed by atoms with van der Waals surface area (Å²) in [5.41, 5.74) is 0. The maximum atomic E-state index is 12.3. The van der Waals surface area contributed by atoms with E-state index in [4.69, 9.17) is 0 Å². The van der Waals surface area contributed by atoms with Crippen LogP contribution in [0.4, 0.5) is 0 Å². The molecule has 0 aromatic heterocycles. The normalized spacial score (nSPS) is 18.4. The number of piperidine rings is 1. The second kappa shape index (κ2) is 5.86. The van der Waals surface area contributed by atoms with Gasteiger partial charge in [-0.1, -0.05) is 24.8 Å². The highest BCUT2D eigenvalue weighted by atomic mass is 32.2. The summed E-state index contributed by atoms with van der Waals surface area (Å²) >= 11 is 0. The van der Waals surface area contributed by atoms with Crippen molar-refractivity contribution >= 4 is 9.84 Å². The molecule has 1 fully saturated rings. The van der Waals surface area contributed by atoms with Gasteiger partial charge in [0, 0.05) is 19.6 Å². The maximum Gasteiger partial charge on any atom is 0.203 e. The Morgan fingerprint density at radius 1 is 1.26 bits per heavy atom. The fraction of sp³-hybridized carbons (Fsp3) is 0.429. The molecule has 0 bridgehead atoms. The number of benzene rings is 1. The molecule has 0 unspecified atom stereocenters. The first-order chi connectivity index (χ1) is 9.00. The van der Waals surface area contributed by atoms with E-state index in [0.717, 1.165) is 0 Å². The quantitative estimate of drug-likeness (QED) is 0.907. The molecule has 0 radical (unpaired) electrons. The summed E-state index contributed by atoms with van der Waals surface area (Å²) in [4.78, 5) is 2.53. The molecule has 1 heterocycles. The van der Waals surface area contributed by atoms with Crippen LogP contribution in [0.1, 0.15) is 12.8 Å². The van der Waals surface area contributed by atoms with Gasteiger partial charge in [0.05, 0.1) is 15.9 Å². The summed E-state index contributed by atoms with van der Waals surface area (Å²) in [6.45, 7) is 5.49. The fourth-order valence-electron chi connectivity index (χ4n) is 2.18. The van der Waals surface area contributed by atoms with Crippen molar-refractivity contribution in [3.8, 4) is 0 Å². The zero-order valence-electron chi connectivity index (χ0n) is 10.8. The molecular weight excluding hydrogens is 262 g/mol. The third kappa shape index (κ3) is 3.43. The Balaban J connectivity index is 2.04. The van der Waals surface area contributed by atoms with E-state index in [1.165, 1.54) is 0 Å². The zero-order valence-corrected chi connectivity index (χ0v) is 11.6. The van der Waals surface area contributed by atoms with Crippen molar-refractivity contribution in [3.63, 3.8) is 0 Å². The van der Waals surface area contributed by atoms with Gasteiger partial charge in [0.2, 0.25) is 9.84 Å². The molecule has 0 aliphatic carbocycles. The van der Waals surface area contributed by atoms with Crippen LogP contribution in [0.5, 0.6) is 0 Å². The molecule has 1 saturated heterocycles. The number of aliphatic hydroxyl groups excluding tert-OH is 1. The number of aliphatic hydroxyl groups is 1. The molecule has 19 heavy (non-hydrogen) atoms. The first-order valence-electron chi connectivity index (χ1n) is 6.38. The molecule has 1 N–H and O–H groups in total.